The standard InChI is InChI=1S/C24H26N2O3S/c1-28-22-9-2-3-10-23(22)29-20-7-4-6-19(16-20)18-25-11-13-26(14-12-25)24(27)17-21-8-5-15-30-21/h2-10,15-16H,11-14,17-18H2,1H3. The van der Waals surface area contributed by atoms with Gasteiger partial charge >= 0.3 is 0 Å². The van der Waals surface area contributed by atoms with E-state index in [9.17, 15) is 4.79 Å². The minimum Gasteiger partial charge on any atom is -0.493 e. The van der Waals surface area contributed by atoms with Gasteiger partial charge in [-0.1, -0.05) is 30.3 Å². The van der Waals surface area contributed by atoms with E-state index < -0.39 is 0 Å². The molecule has 1 amide bonds. The topological polar surface area (TPSA) is 42.0 Å². The van der Waals surface area contributed by atoms with Crippen molar-refractivity contribution in [3.05, 3.63) is 76.5 Å². The number of nitrogens with zero attached hydrogens (tertiary/aromatic N) is 2. The van der Waals surface area contributed by atoms with Gasteiger partial charge in [0.2, 0.25) is 5.91 Å². The maximum Gasteiger partial charge on any atom is 0.227 e. The van der Waals surface area contributed by atoms with Gasteiger partial charge < -0.3 is 14.4 Å². The number of hydrogen-bond acceptors (Lipinski definition) is 5. The summed E-state index contributed by atoms with van der Waals surface area (Å²) in [5, 5.41) is 2.02. The number of thiophene rings is 1. The van der Waals surface area contributed by atoms with Gasteiger partial charge in [0, 0.05) is 37.6 Å². The molecule has 0 atom stereocenters. The van der Waals surface area contributed by atoms with E-state index in [1.54, 1.807) is 18.4 Å². The largest absolute Gasteiger partial charge is 0.493 e. The van der Waals surface area contributed by atoms with Crippen LogP contribution in [-0.2, 0) is 17.8 Å². The monoisotopic (exact) mass is 422 g/mol. The number of benzene rings is 2. The van der Waals surface area contributed by atoms with E-state index in [1.165, 1.54) is 5.56 Å². The molecule has 1 aliphatic heterocycles. The van der Waals surface area contributed by atoms with Crippen LogP contribution >= 0.6 is 11.3 Å². The Morgan fingerprint density at radius 3 is 2.50 bits per heavy atom. The second kappa shape index (κ2) is 9.78. The Bertz CT molecular complexity index is 966. The van der Waals surface area contributed by atoms with E-state index >= 15 is 0 Å². The first kappa shape index (κ1) is 20.4. The molecule has 2 aromatic carbocycles. The molecule has 0 bridgehead atoms. The predicted octanol–water partition coefficient (Wildman–Crippen LogP) is 4.44. The number of carbonyl (C=O) groups is 1. The molecule has 1 aliphatic rings. The zero-order chi connectivity index (χ0) is 20.8. The van der Waals surface area contributed by atoms with Crippen molar-refractivity contribution < 1.29 is 14.3 Å². The molecule has 2 heterocycles. The third-order valence-electron chi connectivity index (χ3n) is 5.23. The Morgan fingerprint density at radius 1 is 0.967 bits per heavy atom. The summed E-state index contributed by atoms with van der Waals surface area (Å²) in [6.45, 7) is 4.17. The molecule has 5 nitrogen and oxygen atoms in total. The van der Waals surface area contributed by atoms with E-state index in [-0.39, 0.29) is 5.91 Å². The molecule has 30 heavy (non-hydrogen) atoms. The first-order chi connectivity index (χ1) is 14.7. The highest BCUT2D eigenvalue weighted by atomic mass is 32.1. The van der Waals surface area contributed by atoms with Crippen LogP contribution in [0, 0.1) is 0 Å². The van der Waals surface area contributed by atoms with Crippen LogP contribution in [0.4, 0.5) is 0 Å². The fourth-order valence-corrected chi connectivity index (χ4v) is 4.32. The van der Waals surface area contributed by atoms with Gasteiger partial charge in [-0.05, 0) is 41.3 Å². The molecule has 156 valence electrons. The molecule has 0 unspecified atom stereocenters. The third-order valence-corrected chi connectivity index (χ3v) is 6.11. The quantitative estimate of drug-likeness (QED) is 0.565. The van der Waals surface area contributed by atoms with E-state index in [4.69, 9.17) is 9.47 Å². The van der Waals surface area contributed by atoms with Crippen LogP contribution in [0.15, 0.2) is 66.0 Å². The molecule has 0 radical (unpaired) electrons. The van der Waals surface area contributed by atoms with E-state index in [1.807, 2.05) is 58.8 Å². The molecule has 0 saturated carbocycles. The summed E-state index contributed by atoms with van der Waals surface area (Å²) in [6, 6.07) is 19.8. The van der Waals surface area contributed by atoms with Gasteiger partial charge in [-0.3, -0.25) is 9.69 Å². The van der Waals surface area contributed by atoms with Crippen LogP contribution < -0.4 is 9.47 Å². The Balaban J connectivity index is 1.31. The van der Waals surface area contributed by atoms with Crippen LogP contribution in [0.25, 0.3) is 0 Å². The maximum atomic E-state index is 12.5. The highest BCUT2D eigenvalue weighted by Gasteiger charge is 2.21. The summed E-state index contributed by atoms with van der Waals surface area (Å²) in [5.74, 6) is 2.44. The van der Waals surface area contributed by atoms with Gasteiger partial charge in [-0.2, -0.15) is 0 Å². The fraction of sp³-hybridized carbons (Fsp3) is 0.292. The number of ether oxygens (including phenoxy) is 2. The van der Waals surface area contributed by atoms with Crippen LogP contribution in [0.2, 0.25) is 0 Å². The average Bonchev–Trinajstić information content (AvgIpc) is 3.28. The first-order valence-electron chi connectivity index (χ1n) is 10.1. The molecule has 1 saturated heterocycles. The lowest BCUT2D eigenvalue weighted by Crippen LogP contribution is -2.48. The number of methoxy groups -OCH3 is 1. The minimum atomic E-state index is 0.226. The van der Waals surface area contributed by atoms with Crippen molar-refractivity contribution in [2.45, 2.75) is 13.0 Å². The van der Waals surface area contributed by atoms with Crippen molar-refractivity contribution in [3.63, 3.8) is 0 Å². The summed E-state index contributed by atoms with van der Waals surface area (Å²) in [5.41, 5.74) is 1.20. The Kier molecular flexibility index (Phi) is 6.67. The van der Waals surface area contributed by atoms with Gasteiger partial charge in [0.1, 0.15) is 5.75 Å². The van der Waals surface area contributed by atoms with Crippen molar-refractivity contribution in [2.75, 3.05) is 33.3 Å². The lowest BCUT2D eigenvalue weighted by Gasteiger charge is -2.34. The zero-order valence-electron chi connectivity index (χ0n) is 17.1. The zero-order valence-corrected chi connectivity index (χ0v) is 17.9. The van der Waals surface area contributed by atoms with Gasteiger partial charge in [0.15, 0.2) is 11.5 Å². The molecule has 3 aromatic rings. The summed E-state index contributed by atoms with van der Waals surface area (Å²) in [6.07, 6.45) is 0.514. The Hall–Kier alpha value is -2.83. The summed E-state index contributed by atoms with van der Waals surface area (Å²) < 4.78 is 11.4. The van der Waals surface area contributed by atoms with Gasteiger partial charge in [0.05, 0.1) is 13.5 Å². The van der Waals surface area contributed by atoms with Crippen molar-refractivity contribution in [1.82, 2.24) is 9.80 Å². The Morgan fingerprint density at radius 2 is 1.77 bits per heavy atom. The van der Waals surface area contributed by atoms with E-state index in [0.717, 1.165) is 43.4 Å². The van der Waals surface area contributed by atoms with Crippen LogP contribution in [0.5, 0.6) is 17.2 Å². The van der Waals surface area contributed by atoms with Crippen LogP contribution in [0.3, 0.4) is 0 Å². The number of para-hydroxylation sites is 2. The predicted molar refractivity (Wildman–Crippen MR) is 119 cm³/mol. The highest BCUT2D eigenvalue weighted by molar-refractivity contribution is 7.10. The lowest BCUT2D eigenvalue weighted by atomic mass is 10.1. The molecule has 0 spiro atoms. The SMILES string of the molecule is COc1ccccc1Oc1cccc(CN2CCN(C(=O)Cc3cccs3)CC2)c1. The number of carbonyl (C=O) groups excluding carboxylic acids is 1. The summed E-state index contributed by atoms with van der Waals surface area (Å²) in [7, 11) is 1.64. The fourth-order valence-electron chi connectivity index (χ4n) is 3.63. The molecule has 0 N–H and O–H groups in total. The molecule has 1 fully saturated rings. The second-order valence-electron chi connectivity index (χ2n) is 7.31. The average molecular weight is 423 g/mol. The molecule has 4 rings (SSSR count). The Labute approximate surface area is 181 Å². The van der Waals surface area contributed by atoms with Crippen molar-refractivity contribution in [2.24, 2.45) is 0 Å². The molecular formula is C24H26N2O3S. The smallest absolute Gasteiger partial charge is 0.227 e. The van der Waals surface area contributed by atoms with Crippen LogP contribution in [0.1, 0.15) is 10.4 Å². The molecular weight excluding hydrogens is 396 g/mol. The normalized spacial score (nSPS) is 14.5. The lowest BCUT2D eigenvalue weighted by molar-refractivity contribution is -0.132. The molecule has 0 aliphatic carbocycles. The maximum absolute atomic E-state index is 12.5. The van der Waals surface area contributed by atoms with Gasteiger partial charge in [0.25, 0.3) is 0 Å². The number of rotatable bonds is 7. The first-order valence-corrected chi connectivity index (χ1v) is 11.0. The summed E-state index contributed by atoms with van der Waals surface area (Å²) >= 11 is 1.64. The van der Waals surface area contributed by atoms with E-state index in [0.29, 0.717) is 17.9 Å². The number of piperazine rings is 1. The van der Waals surface area contributed by atoms with Gasteiger partial charge in [-0.25, -0.2) is 0 Å². The van der Waals surface area contributed by atoms with E-state index in [2.05, 4.69) is 17.0 Å². The molecule has 1 aromatic heterocycles. The molecule has 6 heteroatoms. The third kappa shape index (κ3) is 5.20. The van der Waals surface area contributed by atoms with Crippen LogP contribution in [-0.4, -0.2) is 49.0 Å². The van der Waals surface area contributed by atoms with Crippen molar-refractivity contribution >= 4 is 17.2 Å². The number of amides is 1. The number of hydrogen-bond donors (Lipinski definition) is 0. The van der Waals surface area contributed by atoms with Crippen molar-refractivity contribution in [1.29, 1.82) is 0 Å². The summed E-state index contributed by atoms with van der Waals surface area (Å²) in [4.78, 5) is 18.0. The minimum absolute atomic E-state index is 0.226. The van der Waals surface area contributed by atoms with Crippen molar-refractivity contribution in [3.8, 4) is 17.2 Å². The van der Waals surface area contributed by atoms with Gasteiger partial charge in [-0.15, -0.1) is 11.3 Å². The highest BCUT2D eigenvalue weighted by Crippen LogP contribution is 2.31. The second-order valence-corrected chi connectivity index (χ2v) is 8.35.